The molecular weight excluding hydrogens is 292 g/mol. The van der Waals surface area contributed by atoms with Crippen molar-refractivity contribution in [2.45, 2.75) is 49.3 Å². The van der Waals surface area contributed by atoms with E-state index in [9.17, 15) is 18.5 Å². The minimum absolute atomic E-state index is 0.128. The lowest BCUT2D eigenvalue weighted by Crippen LogP contribution is -2.47. The minimum atomic E-state index is -3.82. The fourth-order valence-electron chi connectivity index (χ4n) is 2.89. The summed E-state index contributed by atoms with van der Waals surface area (Å²) in [5, 5.41) is 10.3. The topological polar surface area (TPSA) is 103 Å². The van der Waals surface area contributed by atoms with Crippen LogP contribution in [0.2, 0.25) is 0 Å². The van der Waals surface area contributed by atoms with Crippen LogP contribution >= 0.6 is 0 Å². The predicted molar refractivity (Wildman–Crippen MR) is 79.7 cm³/mol. The van der Waals surface area contributed by atoms with Crippen LogP contribution in [0.1, 0.15) is 33.1 Å². The zero-order valence-corrected chi connectivity index (χ0v) is 13.0. The Morgan fingerprint density at radius 2 is 1.95 bits per heavy atom. The number of hydrogen-bond acceptors (Lipinski definition) is 5. The molecule has 2 atom stereocenters. The van der Waals surface area contributed by atoms with Crippen molar-refractivity contribution in [3.63, 3.8) is 0 Å². The van der Waals surface area contributed by atoms with E-state index in [0.717, 1.165) is 6.42 Å². The third kappa shape index (κ3) is 3.08. The molecule has 0 bridgehead atoms. The summed E-state index contributed by atoms with van der Waals surface area (Å²) in [6.45, 7) is 4.00. The summed E-state index contributed by atoms with van der Waals surface area (Å²) in [5.41, 5.74) is 5.49. The number of nitro benzene ring substituents is 1. The van der Waals surface area contributed by atoms with Crippen LogP contribution in [0.5, 0.6) is 0 Å². The number of sulfone groups is 1. The largest absolute Gasteiger partial charge is 0.327 e. The van der Waals surface area contributed by atoms with E-state index in [-0.39, 0.29) is 16.0 Å². The molecule has 0 aliphatic heterocycles. The summed E-state index contributed by atoms with van der Waals surface area (Å²) in [4.78, 5) is 10.2. The Hall–Kier alpha value is -1.47. The van der Waals surface area contributed by atoms with Gasteiger partial charge in [0.15, 0.2) is 9.84 Å². The third-order valence-corrected chi connectivity index (χ3v) is 6.42. The van der Waals surface area contributed by atoms with E-state index in [0.29, 0.717) is 12.8 Å². The highest BCUT2D eigenvalue weighted by atomic mass is 32.2. The van der Waals surface area contributed by atoms with Gasteiger partial charge >= 0.3 is 0 Å². The molecule has 7 heteroatoms. The normalized spacial score (nSPS) is 25.5. The molecule has 2 unspecified atom stereocenters. The predicted octanol–water partition coefficient (Wildman–Crippen LogP) is 2.27. The van der Waals surface area contributed by atoms with Crippen molar-refractivity contribution in [1.82, 2.24) is 0 Å². The zero-order chi connectivity index (χ0) is 15.8. The lowest BCUT2D eigenvalue weighted by atomic mass is 9.75. The molecule has 0 amide bonds. The lowest BCUT2D eigenvalue weighted by Gasteiger charge is -2.38. The van der Waals surface area contributed by atoms with Crippen LogP contribution in [0.25, 0.3) is 0 Å². The first-order valence-corrected chi connectivity index (χ1v) is 8.43. The smallest absolute Gasteiger partial charge is 0.287 e. The van der Waals surface area contributed by atoms with E-state index in [4.69, 9.17) is 5.73 Å². The molecule has 0 aromatic heterocycles. The fraction of sp³-hybridized carbons (Fsp3) is 0.571. The highest BCUT2D eigenvalue weighted by molar-refractivity contribution is 7.92. The monoisotopic (exact) mass is 312 g/mol. The van der Waals surface area contributed by atoms with E-state index in [1.807, 2.05) is 13.8 Å². The third-order valence-electron chi connectivity index (χ3n) is 4.15. The Bertz CT molecular complexity index is 655. The Morgan fingerprint density at radius 3 is 2.57 bits per heavy atom. The molecule has 1 aromatic rings. The average molecular weight is 312 g/mol. The maximum Gasteiger partial charge on any atom is 0.287 e. The van der Waals surface area contributed by atoms with Crippen LogP contribution in [0.15, 0.2) is 29.2 Å². The SMILES string of the molecule is CC1(C)CCC(N)C(S(=O)(=O)c2ccccc2[N+](=O)[O-])C1. The number of nitro groups is 1. The van der Waals surface area contributed by atoms with Crippen molar-refractivity contribution in [3.8, 4) is 0 Å². The Labute approximate surface area is 124 Å². The van der Waals surface area contributed by atoms with Crippen LogP contribution < -0.4 is 5.73 Å². The molecule has 2 rings (SSSR count). The quantitative estimate of drug-likeness (QED) is 0.681. The van der Waals surface area contributed by atoms with Gasteiger partial charge in [-0.2, -0.15) is 0 Å². The summed E-state index contributed by atoms with van der Waals surface area (Å²) < 4.78 is 25.7. The van der Waals surface area contributed by atoms with E-state index >= 15 is 0 Å². The van der Waals surface area contributed by atoms with Crippen LogP contribution in [-0.2, 0) is 9.84 Å². The fourth-order valence-corrected chi connectivity index (χ4v) is 5.19. The molecule has 2 N–H and O–H groups in total. The Morgan fingerprint density at radius 1 is 1.33 bits per heavy atom. The molecule has 0 spiro atoms. The van der Waals surface area contributed by atoms with Gasteiger partial charge in [0, 0.05) is 12.1 Å². The van der Waals surface area contributed by atoms with Gasteiger partial charge in [-0.3, -0.25) is 10.1 Å². The highest BCUT2D eigenvalue weighted by Crippen LogP contribution is 2.40. The van der Waals surface area contributed by atoms with Crippen LogP contribution in [0, 0.1) is 15.5 Å². The van der Waals surface area contributed by atoms with Crippen molar-refractivity contribution in [2.24, 2.45) is 11.1 Å². The second-order valence-corrected chi connectivity index (χ2v) is 8.51. The molecule has 0 saturated heterocycles. The van der Waals surface area contributed by atoms with E-state index in [1.54, 1.807) is 0 Å². The van der Waals surface area contributed by atoms with Crippen LogP contribution in [0.4, 0.5) is 5.69 Å². The van der Waals surface area contributed by atoms with Crippen LogP contribution in [0.3, 0.4) is 0 Å². The molecule has 1 aliphatic rings. The van der Waals surface area contributed by atoms with E-state index < -0.39 is 26.1 Å². The van der Waals surface area contributed by atoms with Crippen molar-refractivity contribution < 1.29 is 13.3 Å². The summed E-state index contributed by atoms with van der Waals surface area (Å²) in [6.07, 6.45) is 1.89. The van der Waals surface area contributed by atoms with Crippen molar-refractivity contribution in [3.05, 3.63) is 34.4 Å². The molecule has 1 fully saturated rings. The zero-order valence-electron chi connectivity index (χ0n) is 12.2. The van der Waals surface area contributed by atoms with E-state index in [1.165, 1.54) is 24.3 Å². The molecule has 6 nitrogen and oxygen atoms in total. The molecule has 1 aliphatic carbocycles. The highest BCUT2D eigenvalue weighted by Gasteiger charge is 2.43. The van der Waals surface area contributed by atoms with Gasteiger partial charge in [-0.15, -0.1) is 0 Å². The first-order valence-electron chi connectivity index (χ1n) is 6.88. The molecule has 1 saturated carbocycles. The summed E-state index contributed by atoms with van der Waals surface area (Å²) in [7, 11) is -3.82. The van der Waals surface area contributed by atoms with Gasteiger partial charge < -0.3 is 5.73 Å². The molecule has 0 heterocycles. The van der Waals surface area contributed by atoms with Crippen LogP contribution in [-0.4, -0.2) is 24.6 Å². The number of rotatable bonds is 3. The van der Waals surface area contributed by atoms with Gasteiger partial charge in [0.05, 0.1) is 10.2 Å². The summed E-state index contributed by atoms with van der Waals surface area (Å²) in [5.74, 6) is 0. The van der Waals surface area contributed by atoms with Gasteiger partial charge in [-0.05, 0) is 30.7 Å². The molecule has 116 valence electrons. The maximum atomic E-state index is 12.8. The average Bonchev–Trinajstić information content (AvgIpc) is 2.41. The Balaban J connectivity index is 2.49. The molecule has 0 radical (unpaired) electrons. The first kappa shape index (κ1) is 15.9. The van der Waals surface area contributed by atoms with Crippen molar-refractivity contribution in [2.75, 3.05) is 0 Å². The number of hydrogen-bond donors (Lipinski definition) is 1. The van der Waals surface area contributed by atoms with Gasteiger partial charge in [0.2, 0.25) is 0 Å². The molecular formula is C14H20N2O4S. The van der Waals surface area contributed by atoms with Crippen molar-refractivity contribution in [1.29, 1.82) is 0 Å². The number of para-hydroxylation sites is 1. The minimum Gasteiger partial charge on any atom is -0.327 e. The standard InChI is InChI=1S/C14H20N2O4S/c1-14(2)8-7-10(15)13(9-14)21(19,20)12-6-4-3-5-11(12)16(17)18/h3-6,10,13H,7-9,15H2,1-2H3. The van der Waals surface area contributed by atoms with Gasteiger partial charge in [0.25, 0.3) is 5.69 Å². The maximum absolute atomic E-state index is 12.8. The lowest BCUT2D eigenvalue weighted by molar-refractivity contribution is -0.387. The molecule has 21 heavy (non-hydrogen) atoms. The second kappa shape index (κ2) is 5.38. The van der Waals surface area contributed by atoms with Gasteiger partial charge in [-0.25, -0.2) is 8.42 Å². The Kier molecular flexibility index (Phi) is 4.08. The van der Waals surface area contributed by atoms with Crippen molar-refractivity contribution >= 4 is 15.5 Å². The van der Waals surface area contributed by atoms with Gasteiger partial charge in [-0.1, -0.05) is 26.0 Å². The number of nitrogens with two attached hydrogens (primary N) is 1. The second-order valence-electron chi connectivity index (χ2n) is 6.38. The summed E-state index contributed by atoms with van der Waals surface area (Å²) >= 11 is 0. The van der Waals surface area contributed by atoms with E-state index in [2.05, 4.69) is 0 Å². The summed E-state index contributed by atoms with van der Waals surface area (Å²) in [6, 6.07) is 4.98. The number of benzene rings is 1. The number of nitrogens with zero attached hydrogens (tertiary/aromatic N) is 1. The first-order chi connectivity index (χ1) is 9.65. The molecule has 1 aromatic carbocycles. The van der Waals surface area contributed by atoms with Gasteiger partial charge in [0.1, 0.15) is 4.90 Å².